The predicted molar refractivity (Wildman–Crippen MR) is 64.9 cm³/mol. The van der Waals surface area contributed by atoms with E-state index in [1.807, 2.05) is 0 Å². The van der Waals surface area contributed by atoms with Crippen LogP contribution < -0.4 is 5.56 Å². The van der Waals surface area contributed by atoms with Crippen LogP contribution in [0.3, 0.4) is 0 Å². The van der Waals surface area contributed by atoms with Gasteiger partial charge in [0.2, 0.25) is 0 Å². The summed E-state index contributed by atoms with van der Waals surface area (Å²) < 4.78 is 0.767. The quantitative estimate of drug-likeness (QED) is 0.847. The summed E-state index contributed by atoms with van der Waals surface area (Å²) in [4.78, 5) is 22.2. The van der Waals surface area contributed by atoms with Crippen LogP contribution in [-0.2, 0) is 11.3 Å². The summed E-state index contributed by atoms with van der Waals surface area (Å²) in [5, 5.41) is 8.90. The zero-order valence-electron chi connectivity index (χ0n) is 9.34. The minimum Gasteiger partial charge on any atom is -0.480 e. The molecule has 0 spiro atoms. The third kappa shape index (κ3) is 3.41. The normalized spacial score (nSPS) is 11.4. The molecule has 0 bridgehead atoms. The van der Waals surface area contributed by atoms with Crippen molar-refractivity contribution in [2.45, 2.75) is 25.1 Å². The van der Waals surface area contributed by atoms with Gasteiger partial charge in [0.05, 0.1) is 0 Å². The zero-order chi connectivity index (χ0) is 12.2. The summed E-state index contributed by atoms with van der Waals surface area (Å²) in [5.41, 5.74) is -0.0590. The summed E-state index contributed by atoms with van der Waals surface area (Å²) in [5.74, 6) is -0.235. The lowest BCUT2D eigenvalue weighted by atomic mass is 10.2. The molecule has 0 radical (unpaired) electrons. The molecule has 0 atom stereocenters. The van der Waals surface area contributed by atoms with Gasteiger partial charge in [-0.3, -0.25) is 9.59 Å². The molecule has 0 amide bonds. The van der Waals surface area contributed by atoms with Gasteiger partial charge in [0.1, 0.15) is 4.75 Å². The van der Waals surface area contributed by atoms with Crippen LogP contribution in [0, 0.1) is 0 Å². The van der Waals surface area contributed by atoms with E-state index in [0.717, 1.165) is 0 Å². The average molecular weight is 241 g/mol. The lowest BCUT2D eigenvalue weighted by molar-refractivity contribution is -0.138. The number of hydrogen-bond donors (Lipinski definition) is 1. The maximum atomic E-state index is 11.3. The molecule has 1 N–H and O–H groups in total. The molecule has 0 saturated heterocycles. The summed E-state index contributed by atoms with van der Waals surface area (Å²) >= 11 is 1.33. The molecule has 16 heavy (non-hydrogen) atoms. The first-order valence-corrected chi connectivity index (χ1v) is 5.95. The fraction of sp³-hybridized carbons (Fsp3) is 0.455. The molecule has 0 aromatic carbocycles. The van der Waals surface area contributed by atoms with Crippen molar-refractivity contribution in [2.24, 2.45) is 0 Å². The van der Waals surface area contributed by atoms with Gasteiger partial charge < -0.3 is 9.67 Å². The molecular formula is C11H15NO3S. The van der Waals surface area contributed by atoms with Gasteiger partial charge in [-0.05, 0) is 19.9 Å². The molecule has 1 aromatic heterocycles. The van der Waals surface area contributed by atoms with E-state index in [4.69, 9.17) is 5.11 Å². The molecule has 1 heterocycles. The molecule has 0 aliphatic carbocycles. The van der Waals surface area contributed by atoms with E-state index < -0.39 is 10.7 Å². The number of pyridine rings is 1. The van der Waals surface area contributed by atoms with Crippen molar-refractivity contribution in [2.75, 3.05) is 5.75 Å². The molecule has 4 nitrogen and oxygen atoms in total. The number of carboxylic acid groups (broad SMARTS) is 1. The molecule has 1 aromatic rings. The summed E-state index contributed by atoms with van der Waals surface area (Å²) in [6, 6.07) is 4.97. The molecular weight excluding hydrogens is 226 g/mol. The molecule has 0 aliphatic rings. The molecule has 0 saturated carbocycles. The maximum absolute atomic E-state index is 11.3. The van der Waals surface area contributed by atoms with Crippen LogP contribution in [0.5, 0.6) is 0 Å². The number of hydrogen-bond acceptors (Lipinski definition) is 3. The van der Waals surface area contributed by atoms with E-state index in [0.29, 0.717) is 12.3 Å². The second kappa shape index (κ2) is 5.21. The lowest BCUT2D eigenvalue weighted by Crippen LogP contribution is -2.29. The zero-order valence-corrected chi connectivity index (χ0v) is 10.2. The number of thioether (sulfide) groups is 1. The SMILES string of the molecule is CC(C)(SCCn1ccccc1=O)C(=O)O. The Bertz CT molecular complexity index is 425. The van der Waals surface area contributed by atoms with Crippen molar-refractivity contribution in [3.05, 3.63) is 34.7 Å². The molecule has 0 aliphatic heterocycles. The minimum atomic E-state index is -0.835. The minimum absolute atomic E-state index is 0.0590. The predicted octanol–water partition coefficient (Wildman–Crippen LogP) is 1.44. The third-order valence-corrected chi connectivity index (χ3v) is 3.49. The van der Waals surface area contributed by atoms with E-state index in [-0.39, 0.29) is 5.56 Å². The van der Waals surface area contributed by atoms with Crippen LogP contribution in [0.4, 0.5) is 0 Å². The number of nitrogens with zero attached hydrogens (tertiary/aromatic N) is 1. The van der Waals surface area contributed by atoms with Crippen LogP contribution in [-0.4, -0.2) is 26.1 Å². The van der Waals surface area contributed by atoms with E-state index >= 15 is 0 Å². The molecule has 0 fully saturated rings. The first kappa shape index (κ1) is 12.8. The van der Waals surface area contributed by atoms with Crippen molar-refractivity contribution in [1.82, 2.24) is 4.57 Å². The number of aryl methyl sites for hydroxylation is 1. The smallest absolute Gasteiger partial charge is 0.319 e. The number of rotatable bonds is 5. The highest BCUT2D eigenvalue weighted by atomic mass is 32.2. The van der Waals surface area contributed by atoms with Crippen molar-refractivity contribution in [3.8, 4) is 0 Å². The van der Waals surface area contributed by atoms with E-state index in [2.05, 4.69) is 0 Å². The van der Waals surface area contributed by atoms with Gasteiger partial charge in [-0.25, -0.2) is 0 Å². The Morgan fingerprint density at radius 1 is 1.50 bits per heavy atom. The highest BCUT2D eigenvalue weighted by Crippen LogP contribution is 2.24. The fourth-order valence-electron chi connectivity index (χ4n) is 1.11. The van der Waals surface area contributed by atoms with Crippen molar-refractivity contribution >= 4 is 17.7 Å². The third-order valence-electron chi connectivity index (χ3n) is 2.21. The van der Waals surface area contributed by atoms with Gasteiger partial charge in [-0.2, -0.15) is 0 Å². The first-order chi connectivity index (χ1) is 7.43. The summed E-state index contributed by atoms with van der Waals surface area (Å²) in [6.07, 6.45) is 1.71. The topological polar surface area (TPSA) is 59.3 Å². The summed E-state index contributed by atoms with van der Waals surface area (Å²) in [7, 11) is 0. The maximum Gasteiger partial charge on any atom is 0.319 e. The van der Waals surface area contributed by atoms with Gasteiger partial charge in [0, 0.05) is 24.6 Å². The van der Waals surface area contributed by atoms with Crippen molar-refractivity contribution < 1.29 is 9.90 Å². The van der Waals surface area contributed by atoms with Crippen LogP contribution >= 0.6 is 11.8 Å². The second-order valence-corrected chi connectivity index (χ2v) is 5.61. The monoisotopic (exact) mass is 241 g/mol. The Hall–Kier alpha value is -1.23. The molecule has 1 rings (SSSR count). The Morgan fingerprint density at radius 2 is 2.19 bits per heavy atom. The van der Waals surface area contributed by atoms with Crippen molar-refractivity contribution in [1.29, 1.82) is 0 Å². The van der Waals surface area contributed by atoms with Gasteiger partial charge >= 0.3 is 5.97 Å². The van der Waals surface area contributed by atoms with Gasteiger partial charge in [-0.15, -0.1) is 11.8 Å². The average Bonchev–Trinajstić information content (AvgIpc) is 2.20. The Labute approximate surface area is 98.3 Å². The van der Waals surface area contributed by atoms with Crippen LogP contribution in [0.2, 0.25) is 0 Å². The summed E-state index contributed by atoms with van der Waals surface area (Å²) in [6.45, 7) is 3.85. The van der Waals surface area contributed by atoms with E-state index in [1.54, 1.807) is 36.7 Å². The van der Waals surface area contributed by atoms with Crippen LogP contribution in [0.1, 0.15) is 13.8 Å². The number of carboxylic acids is 1. The van der Waals surface area contributed by atoms with E-state index in [9.17, 15) is 9.59 Å². The fourth-order valence-corrected chi connectivity index (χ4v) is 2.03. The molecule has 0 unspecified atom stereocenters. The number of aromatic nitrogens is 1. The van der Waals surface area contributed by atoms with E-state index in [1.165, 1.54) is 17.8 Å². The highest BCUT2D eigenvalue weighted by Gasteiger charge is 2.27. The molecule has 88 valence electrons. The largest absolute Gasteiger partial charge is 0.480 e. The van der Waals surface area contributed by atoms with Gasteiger partial charge in [0.15, 0.2) is 0 Å². The number of aliphatic carboxylic acids is 1. The first-order valence-electron chi connectivity index (χ1n) is 4.96. The Balaban J connectivity index is 2.51. The van der Waals surface area contributed by atoms with Crippen LogP contribution in [0.25, 0.3) is 0 Å². The second-order valence-electron chi connectivity index (χ2n) is 3.90. The van der Waals surface area contributed by atoms with Gasteiger partial charge in [0.25, 0.3) is 5.56 Å². The Morgan fingerprint density at radius 3 is 2.75 bits per heavy atom. The molecule has 5 heteroatoms. The van der Waals surface area contributed by atoms with Crippen molar-refractivity contribution in [3.63, 3.8) is 0 Å². The lowest BCUT2D eigenvalue weighted by Gasteiger charge is -2.18. The number of carbonyl (C=O) groups is 1. The Kier molecular flexibility index (Phi) is 4.18. The van der Waals surface area contributed by atoms with Crippen LogP contribution in [0.15, 0.2) is 29.2 Å². The highest BCUT2D eigenvalue weighted by molar-refractivity contribution is 8.01. The standard InChI is InChI=1S/C11H15NO3S/c1-11(2,10(14)15)16-8-7-12-6-4-3-5-9(12)13/h3-6H,7-8H2,1-2H3,(H,14,15). The van der Waals surface area contributed by atoms with Gasteiger partial charge in [-0.1, -0.05) is 6.07 Å².